The van der Waals surface area contributed by atoms with Gasteiger partial charge in [-0.1, -0.05) is 0 Å². The monoisotopic (exact) mass is 439 g/mol. The van der Waals surface area contributed by atoms with Gasteiger partial charge in [0.2, 0.25) is 0 Å². The zero-order chi connectivity index (χ0) is 10.7. The fraction of sp³-hybridized carbons (Fsp3) is 1.00. The molecule has 0 aromatic rings. The van der Waals surface area contributed by atoms with Crippen LogP contribution in [-0.4, -0.2) is 38.1 Å². The Morgan fingerprint density at radius 3 is 2.27 bits per heavy atom. The van der Waals surface area contributed by atoms with Crippen molar-refractivity contribution in [1.82, 2.24) is 0 Å². The van der Waals surface area contributed by atoms with E-state index >= 15 is 0 Å². The Balaban J connectivity index is 1.68. The van der Waals surface area contributed by atoms with E-state index in [2.05, 4.69) is 29.5 Å². The molecule has 0 radical (unpaired) electrons. The molecule has 2 rings (SSSR count). The number of hydrogen-bond acceptors (Lipinski definition) is 3. The fourth-order valence-corrected chi connectivity index (χ4v) is 5.55. The van der Waals surface area contributed by atoms with E-state index < -0.39 is 0 Å². The molecule has 0 N–H and O–H groups in total. The molecule has 0 bridgehead atoms. The van der Waals surface area contributed by atoms with Crippen molar-refractivity contribution in [3.63, 3.8) is 0 Å². The third-order valence-corrected chi connectivity index (χ3v) is 7.08. The molecule has 15 heavy (non-hydrogen) atoms. The topological polar surface area (TPSA) is 27.7 Å². The summed E-state index contributed by atoms with van der Waals surface area (Å²) < 4.78 is 18.2. The van der Waals surface area contributed by atoms with Crippen molar-refractivity contribution >= 4 is 22.6 Å². The summed E-state index contributed by atoms with van der Waals surface area (Å²) in [4.78, 5) is 0. The summed E-state index contributed by atoms with van der Waals surface area (Å²) >= 11 is 2.35. The summed E-state index contributed by atoms with van der Waals surface area (Å²) in [5.74, 6) is 0. The first-order valence-corrected chi connectivity index (χ1v) is 9.08. The summed E-state index contributed by atoms with van der Waals surface area (Å²) in [6, 6.07) is 0. The first-order chi connectivity index (χ1) is 7.24. The van der Waals surface area contributed by atoms with Crippen LogP contribution in [0.15, 0.2) is 0 Å². The predicted octanol–water partition coefficient (Wildman–Crippen LogP) is -1.22. The molecule has 0 spiro atoms. The van der Waals surface area contributed by atoms with Gasteiger partial charge >= 0.3 is 116 Å². The molecule has 0 aromatic carbocycles. The molecule has 2 saturated heterocycles. The second kappa shape index (κ2) is 6.32. The second-order valence-corrected chi connectivity index (χ2v) is 9.24. The molecule has 5 heteroatoms. The molecule has 0 aliphatic carbocycles. The van der Waals surface area contributed by atoms with E-state index in [-0.39, 0.29) is 25.5 Å². The number of ether oxygens (including phenoxy) is 3. The third-order valence-electron chi connectivity index (χ3n) is 2.62. The Morgan fingerprint density at radius 2 is 1.67 bits per heavy atom. The summed E-state index contributed by atoms with van der Waals surface area (Å²) in [6.07, 6.45) is 3.05. The molecule has 2 heterocycles. The molecule has 0 saturated carbocycles. The van der Waals surface area contributed by atoms with Gasteiger partial charge < -0.3 is 0 Å². The molecular weight excluding hydrogens is 422 g/mol. The second-order valence-electron chi connectivity index (χ2n) is 3.98. The van der Waals surface area contributed by atoms with Crippen LogP contribution in [0.5, 0.6) is 0 Å². The van der Waals surface area contributed by atoms with Crippen molar-refractivity contribution in [2.45, 2.75) is 38.0 Å². The van der Waals surface area contributed by atoms with Crippen molar-refractivity contribution in [2.24, 2.45) is 0 Å². The van der Waals surface area contributed by atoms with E-state index in [9.17, 15) is 0 Å². The van der Waals surface area contributed by atoms with E-state index in [0.717, 1.165) is 23.7 Å². The van der Waals surface area contributed by atoms with Crippen LogP contribution in [0.25, 0.3) is 0 Å². The minimum absolute atomic E-state index is 0.0227. The molecule has 2 fully saturated rings. The van der Waals surface area contributed by atoms with E-state index in [0.29, 0.717) is 10.0 Å². The van der Waals surface area contributed by atoms with Gasteiger partial charge in [0.15, 0.2) is 0 Å². The van der Waals surface area contributed by atoms with Crippen LogP contribution in [0.2, 0.25) is 0 Å². The van der Waals surface area contributed by atoms with Crippen molar-refractivity contribution in [2.75, 3.05) is 19.8 Å². The summed E-state index contributed by atoms with van der Waals surface area (Å²) in [7, 11) is 0. The van der Waals surface area contributed by atoms with Gasteiger partial charge in [-0.2, -0.15) is 0 Å². The zero-order valence-corrected chi connectivity index (χ0v) is 13.1. The van der Waals surface area contributed by atoms with Crippen LogP contribution in [0, 0.1) is 0 Å². The van der Waals surface area contributed by atoms with Crippen molar-refractivity contribution < 1.29 is 35.4 Å². The Labute approximate surface area is 115 Å². The van der Waals surface area contributed by atoms with Crippen LogP contribution in [0.1, 0.15) is 19.8 Å². The Kier molecular flexibility index (Phi) is 5.39. The fourth-order valence-electron chi connectivity index (χ4n) is 1.73. The van der Waals surface area contributed by atoms with Gasteiger partial charge in [-0.3, -0.25) is 0 Å². The van der Waals surface area contributed by atoms with Crippen molar-refractivity contribution in [1.29, 1.82) is 0 Å². The van der Waals surface area contributed by atoms with Gasteiger partial charge in [0, 0.05) is 0 Å². The molecule has 2 atom stereocenters. The van der Waals surface area contributed by atoms with E-state index in [1.54, 1.807) is 0 Å². The zero-order valence-electron chi connectivity index (χ0n) is 8.83. The molecule has 2 aliphatic rings. The van der Waals surface area contributed by atoms with Gasteiger partial charge in [0.25, 0.3) is 0 Å². The van der Waals surface area contributed by atoms with Crippen molar-refractivity contribution in [3.05, 3.63) is 0 Å². The van der Waals surface area contributed by atoms with E-state index in [4.69, 9.17) is 14.2 Å². The van der Waals surface area contributed by atoms with Gasteiger partial charge in [-0.25, -0.2) is 0 Å². The van der Waals surface area contributed by atoms with Crippen LogP contribution in [0.3, 0.4) is 0 Å². The van der Waals surface area contributed by atoms with Gasteiger partial charge in [-0.05, 0) is 0 Å². The number of hydrogen-bond donors (Lipinski definition) is 0. The van der Waals surface area contributed by atoms with Crippen LogP contribution in [0.4, 0.5) is 0 Å². The predicted molar refractivity (Wildman–Crippen MR) is 61.9 cm³/mol. The summed E-state index contributed by atoms with van der Waals surface area (Å²) in [6.45, 7) is 4.93. The maximum absolute atomic E-state index is 5.70. The summed E-state index contributed by atoms with van der Waals surface area (Å²) in [5, 5.41) is 0. The molecular formula is C10H17I2O3-. The first-order valence-electron chi connectivity index (χ1n) is 5.35. The molecule has 2 unspecified atom stereocenters. The molecule has 0 amide bonds. The van der Waals surface area contributed by atoms with Crippen LogP contribution in [-0.2, 0) is 14.2 Å². The molecule has 3 nitrogen and oxygen atoms in total. The van der Waals surface area contributed by atoms with Gasteiger partial charge in [-0.15, -0.1) is 0 Å². The van der Waals surface area contributed by atoms with Crippen LogP contribution >= 0.6 is 22.6 Å². The maximum atomic E-state index is 5.70. The first kappa shape index (κ1) is 12.8. The van der Waals surface area contributed by atoms with Gasteiger partial charge in [0.1, 0.15) is 0 Å². The number of rotatable bonds is 2. The van der Waals surface area contributed by atoms with Crippen molar-refractivity contribution in [3.8, 4) is 0 Å². The van der Waals surface area contributed by atoms with Crippen LogP contribution < -0.4 is 21.2 Å². The quantitative estimate of drug-likeness (QED) is 0.399. The SMILES string of the molecule is CC1CCC([I-]C2COC(I)OC2)CO1. The Morgan fingerprint density at radius 1 is 1.00 bits per heavy atom. The Bertz CT molecular complexity index is 167. The number of alkyl halides is 3. The molecule has 2 aliphatic heterocycles. The third kappa shape index (κ3) is 4.25. The normalized spacial score (nSPS) is 43.1. The van der Waals surface area contributed by atoms with Gasteiger partial charge in [0.05, 0.1) is 0 Å². The molecule has 90 valence electrons. The number of halogens is 2. The molecule has 0 aromatic heterocycles. The minimum atomic E-state index is -0.0227. The summed E-state index contributed by atoms with van der Waals surface area (Å²) in [5.41, 5.74) is 0. The average molecular weight is 439 g/mol. The Hall–Kier alpha value is 1.34. The average Bonchev–Trinajstić information content (AvgIpc) is 2.25. The van der Waals surface area contributed by atoms with E-state index in [1.165, 1.54) is 12.8 Å². The van der Waals surface area contributed by atoms with E-state index in [1.807, 2.05) is 0 Å². The standard InChI is InChI=1S/C10H17I2O3/c1-7-2-3-8(4-13-7)12-9-5-14-10(11)15-6-9/h7-10H,2-6H2,1H3/q-1.